The van der Waals surface area contributed by atoms with Gasteiger partial charge in [0, 0.05) is 11.3 Å². The van der Waals surface area contributed by atoms with E-state index in [-0.39, 0.29) is 16.7 Å². The molecule has 1 nitrogen and oxygen atoms in total. The first-order chi connectivity index (χ1) is 6.99. The Labute approximate surface area is 102 Å². The van der Waals surface area contributed by atoms with Crippen LogP contribution in [-0.2, 0) is 4.79 Å². The fraction of sp³-hybridized carbons (Fsp3) is 0.933. The third kappa shape index (κ3) is 5.14. The monoisotopic (exact) mass is 226 g/mol. The van der Waals surface area contributed by atoms with Crippen LogP contribution < -0.4 is 0 Å². The number of hydrogen-bond donors (Lipinski definition) is 0. The van der Waals surface area contributed by atoms with Crippen LogP contribution in [-0.4, -0.2) is 5.78 Å². The van der Waals surface area contributed by atoms with E-state index in [9.17, 15) is 4.79 Å². The van der Waals surface area contributed by atoms with Crippen LogP contribution in [0.15, 0.2) is 0 Å². The largest absolute Gasteiger partial charge is 0.299 e. The van der Waals surface area contributed by atoms with Crippen molar-refractivity contribution in [2.24, 2.45) is 22.7 Å². The Hall–Kier alpha value is -0.330. The summed E-state index contributed by atoms with van der Waals surface area (Å²) >= 11 is 0. The molecular weight excluding hydrogens is 196 g/mol. The summed E-state index contributed by atoms with van der Waals surface area (Å²) in [4.78, 5) is 12.4. The number of rotatable bonds is 4. The van der Waals surface area contributed by atoms with Gasteiger partial charge in [0.05, 0.1) is 0 Å². The highest BCUT2D eigenvalue weighted by molar-refractivity contribution is 5.86. The number of Topliss-reactive ketones (excluding diaryl/α,β-unsaturated/α-hetero) is 1. The lowest BCUT2D eigenvalue weighted by Crippen LogP contribution is -2.34. The van der Waals surface area contributed by atoms with Gasteiger partial charge in [0.15, 0.2) is 0 Å². The van der Waals surface area contributed by atoms with E-state index in [1.54, 1.807) is 0 Å². The molecule has 0 aliphatic carbocycles. The van der Waals surface area contributed by atoms with Crippen molar-refractivity contribution < 1.29 is 4.79 Å². The fourth-order valence-electron chi connectivity index (χ4n) is 2.05. The Kier molecular flexibility index (Phi) is 5.22. The van der Waals surface area contributed by atoms with E-state index in [0.29, 0.717) is 11.7 Å². The van der Waals surface area contributed by atoms with Crippen LogP contribution in [0.5, 0.6) is 0 Å². The minimum absolute atomic E-state index is 0.209. The lowest BCUT2D eigenvalue weighted by atomic mass is 9.70. The average molecular weight is 226 g/mol. The highest BCUT2D eigenvalue weighted by Crippen LogP contribution is 2.35. The fourth-order valence-corrected chi connectivity index (χ4v) is 2.05. The van der Waals surface area contributed by atoms with Gasteiger partial charge in [-0.2, -0.15) is 0 Å². The summed E-state index contributed by atoms with van der Waals surface area (Å²) in [5.74, 6) is 1.13. The lowest BCUT2D eigenvalue weighted by molar-refractivity contribution is -0.133. The maximum Gasteiger partial charge on any atom is 0.141 e. The predicted octanol–water partition coefficient (Wildman–Crippen LogP) is 4.70. The molecule has 0 bridgehead atoms. The molecule has 0 aliphatic heterocycles. The predicted molar refractivity (Wildman–Crippen MR) is 71.5 cm³/mol. The second kappa shape index (κ2) is 5.33. The van der Waals surface area contributed by atoms with Crippen LogP contribution in [0.3, 0.4) is 0 Å². The zero-order chi connectivity index (χ0) is 13.1. The van der Waals surface area contributed by atoms with E-state index in [1.165, 1.54) is 0 Å². The van der Waals surface area contributed by atoms with Gasteiger partial charge in [-0.05, 0) is 17.8 Å². The molecule has 0 aromatic carbocycles. The van der Waals surface area contributed by atoms with Gasteiger partial charge < -0.3 is 0 Å². The molecule has 0 fully saturated rings. The van der Waals surface area contributed by atoms with Crippen molar-refractivity contribution in [3.63, 3.8) is 0 Å². The van der Waals surface area contributed by atoms with Gasteiger partial charge in [-0.15, -0.1) is 0 Å². The van der Waals surface area contributed by atoms with Gasteiger partial charge in [-0.3, -0.25) is 4.79 Å². The molecule has 0 N–H and O–H groups in total. The molecule has 96 valence electrons. The van der Waals surface area contributed by atoms with E-state index in [4.69, 9.17) is 0 Å². The van der Waals surface area contributed by atoms with E-state index in [2.05, 4.69) is 34.6 Å². The standard InChI is InChI=1S/C15H30O/c1-9-11(2)12(10-14(3,4)5)13(16)15(6,7)8/h11-12H,9-10H2,1-8H3/t11?,12-/m1/s1. The second-order valence-electron chi connectivity index (χ2n) is 7.37. The highest BCUT2D eigenvalue weighted by Gasteiger charge is 2.34. The molecule has 0 radical (unpaired) electrons. The van der Waals surface area contributed by atoms with Crippen LogP contribution >= 0.6 is 0 Å². The summed E-state index contributed by atoms with van der Waals surface area (Å²) in [6, 6.07) is 0. The molecule has 0 aliphatic rings. The lowest BCUT2D eigenvalue weighted by Gasteiger charge is -2.33. The molecule has 0 saturated carbocycles. The summed E-state index contributed by atoms with van der Waals surface area (Å²) in [5, 5.41) is 0. The summed E-state index contributed by atoms with van der Waals surface area (Å²) in [6.07, 6.45) is 2.08. The number of hydrogen-bond acceptors (Lipinski definition) is 1. The molecular formula is C15H30O. The molecule has 0 rings (SSSR count). The maximum absolute atomic E-state index is 12.4. The molecule has 0 spiro atoms. The molecule has 1 heteroatoms. The van der Waals surface area contributed by atoms with Crippen molar-refractivity contribution in [3.05, 3.63) is 0 Å². The van der Waals surface area contributed by atoms with Gasteiger partial charge in [0.25, 0.3) is 0 Å². The van der Waals surface area contributed by atoms with Crippen LogP contribution in [0.2, 0.25) is 0 Å². The van der Waals surface area contributed by atoms with Gasteiger partial charge in [-0.25, -0.2) is 0 Å². The molecule has 0 heterocycles. The van der Waals surface area contributed by atoms with Crippen molar-refractivity contribution >= 4 is 5.78 Å². The number of carbonyl (C=O) groups is 1. The Morgan fingerprint density at radius 2 is 1.50 bits per heavy atom. The number of carbonyl (C=O) groups excluding carboxylic acids is 1. The van der Waals surface area contributed by atoms with Crippen molar-refractivity contribution in [1.29, 1.82) is 0 Å². The van der Waals surface area contributed by atoms with Crippen molar-refractivity contribution in [3.8, 4) is 0 Å². The highest BCUT2D eigenvalue weighted by atomic mass is 16.1. The molecule has 2 atom stereocenters. The van der Waals surface area contributed by atoms with E-state index >= 15 is 0 Å². The van der Waals surface area contributed by atoms with Crippen molar-refractivity contribution in [2.45, 2.75) is 68.2 Å². The van der Waals surface area contributed by atoms with E-state index < -0.39 is 0 Å². The van der Waals surface area contributed by atoms with Crippen LogP contribution in [0.4, 0.5) is 0 Å². The third-order valence-corrected chi connectivity index (χ3v) is 3.24. The third-order valence-electron chi connectivity index (χ3n) is 3.24. The van der Waals surface area contributed by atoms with E-state index in [0.717, 1.165) is 12.8 Å². The van der Waals surface area contributed by atoms with Crippen LogP contribution in [0, 0.1) is 22.7 Å². The van der Waals surface area contributed by atoms with Crippen molar-refractivity contribution in [2.75, 3.05) is 0 Å². The Bertz CT molecular complexity index is 227. The maximum atomic E-state index is 12.4. The summed E-state index contributed by atoms with van der Waals surface area (Å²) in [5.41, 5.74) is 0.0222. The average Bonchev–Trinajstić information content (AvgIpc) is 2.09. The van der Waals surface area contributed by atoms with Crippen LogP contribution in [0.25, 0.3) is 0 Å². The van der Waals surface area contributed by atoms with Crippen molar-refractivity contribution in [1.82, 2.24) is 0 Å². The van der Waals surface area contributed by atoms with E-state index in [1.807, 2.05) is 20.8 Å². The zero-order valence-corrected chi connectivity index (χ0v) is 12.5. The molecule has 0 saturated heterocycles. The first-order valence-electron chi connectivity index (χ1n) is 6.53. The number of ketones is 1. The minimum Gasteiger partial charge on any atom is -0.299 e. The van der Waals surface area contributed by atoms with Gasteiger partial charge in [-0.1, -0.05) is 61.8 Å². The molecule has 0 amide bonds. The van der Waals surface area contributed by atoms with Gasteiger partial charge >= 0.3 is 0 Å². The molecule has 1 unspecified atom stereocenters. The second-order valence-corrected chi connectivity index (χ2v) is 7.37. The minimum atomic E-state index is -0.209. The van der Waals surface area contributed by atoms with Crippen LogP contribution in [0.1, 0.15) is 68.2 Å². The summed E-state index contributed by atoms with van der Waals surface area (Å²) < 4.78 is 0. The Morgan fingerprint density at radius 1 is 1.06 bits per heavy atom. The van der Waals surface area contributed by atoms with Gasteiger partial charge in [0.1, 0.15) is 5.78 Å². The SMILES string of the molecule is CCC(C)[C@@H](CC(C)(C)C)C(=O)C(C)(C)C. The van der Waals surface area contributed by atoms with Gasteiger partial charge in [0.2, 0.25) is 0 Å². The normalized spacial score (nSPS) is 17.0. The molecule has 16 heavy (non-hydrogen) atoms. The molecule has 0 aromatic rings. The topological polar surface area (TPSA) is 17.1 Å². The quantitative estimate of drug-likeness (QED) is 0.679. The molecule has 0 aromatic heterocycles. The summed E-state index contributed by atoms with van der Waals surface area (Å²) in [7, 11) is 0. The zero-order valence-electron chi connectivity index (χ0n) is 12.5. The first kappa shape index (κ1) is 15.7. The summed E-state index contributed by atoms with van der Waals surface area (Å²) in [6.45, 7) is 17.2. The Morgan fingerprint density at radius 3 is 1.75 bits per heavy atom. The Balaban J connectivity index is 4.89. The first-order valence-corrected chi connectivity index (χ1v) is 6.53. The smallest absolute Gasteiger partial charge is 0.141 e.